The summed E-state index contributed by atoms with van der Waals surface area (Å²) in [5.74, 6) is 0.339. The SMILES string of the molecule is CCCN(C(=O)c1cc(C2CC2)nc2c1c(=O)[nH]c(=O)n2CC(C)C)C1CCc2ccccc2C1. The number of aryl methyl sites for hydroxylation is 1. The summed E-state index contributed by atoms with van der Waals surface area (Å²) in [5.41, 5.74) is 3.17. The molecule has 7 nitrogen and oxygen atoms in total. The quantitative estimate of drug-likeness (QED) is 0.560. The van der Waals surface area contributed by atoms with Crippen LogP contribution in [0.3, 0.4) is 0 Å². The summed E-state index contributed by atoms with van der Waals surface area (Å²) < 4.78 is 1.53. The highest BCUT2D eigenvalue weighted by molar-refractivity contribution is 6.05. The van der Waals surface area contributed by atoms with E-state index in [1.165, 1.54) is 15.7 Å². The van der Waals surface area contributed by atoms with Gasteiger partial charge in [0.25, 0.3) is 11.5 Å². The predicted molar refractivity (Wildman–Crippen MR) is 137 cm³/mol. The highest BCUT2D eigenvalue weighted by atomic mass is 16.2. The monoisotopic (exact) mass is 474 g/mol. The van der Waals surface area contributed by atoms with Crippen molar-refractivity contribution in [3.63, 3.8) is 0 Å². The third kappa shape index (κ3) is 4.56. The summed E-state index contributed by atoms with van der Waals surface area (Å²) >= 11 is 0. The van der Waals surface area contributed by atoms with Crippen LogP contribution in [0.4, 0.5) is 0 Å². The van der Waals surface area contributed by atoms with Gasteiger partial charge < -0.3 is 4.90 Å². The molecule has 184 valence electrons. The van der Waals surface area contributed by atoms with Crippen LogP contribution in [0.1, 0.15) is 79.6 Å². The fourth-order valence-electron chi connectivity index (χ4n) is 5.37. The van der Waals surface area contributed by atoms with Gasteiger partial charge in [-0.3, -0.25) is 19.1 Å². The minimum atomic E-state index is -0.534. The average molecular weight is 475 g/mol. The second kappa shape index (κ2) is 9.44. The number of H-pyrrole nitrogens is 1. The summed E-state index contributed by atoms with van der Waals surface area (Å²) in [4.78, 5) is 49.2. The number of aromatic amines is 1. The molecule has 5 rings (SSSR count). The Balaban J connectivity index is 1.63. The number of nitrogens with one attached hydrogen (secondary N) is 1. The van der Waals surface area contributed by atoms with E-state index in [0.29, 0.717) is 24.3 Å². The van der Waals surface area contributed by atoms with Gasteiger partial charge in [0.15, 0.2) is 5.65 Å². The van der Waals surface area contributed by atoms with Crippen molar-refractivity contribution in [2.24, 2.45) is 5.92 Å². The van der Waals surface area contributed by atoms with Gasteiger partial charge in [-0.05, 0) is 61.6 Å². The standard InChI is InChI=1S/C28H34N4O3/c1-4-13-31(21-12-11-18-7-5-6-8-20(18)14-21)27(34)22-15-23(19-9-10-19)29-25-24(22)26(33)30-28(35)32(25)16-17(2)3/h5-8,15,17,19,21H,4,9-14,16H2,1-3H3,(H,30,33,35). The molecule has 0 bridgehead atoms. The van der Waals surface area contributed by atoms with Gasteiger partial charge in [0.05, 0.1) is 10.9 Å². The second-order valence-corrected chi connectivity index (χ2v) is 10.5. The lowest BCUT2D eigenvalue weighted by atomic mass is 9.87. The van der Waals surface area contributed by atoms with Crippen LogP contribution < -0.4 is 11.2 Å². The van der Waals surface area contributed by atoms with Crippen LogP contribution in [-0.4, -0.2) is 37.9 Å². The molecule has 1 N–H and O–H groups in total. The Morgan fingerprint density at radius 1 is 1.17 bits per heavy atom. The lowest BCUT2D eigenvalue weighted by Crippen LogP contribution is -2.44. The maximum atomic E-state index is 14.2. The maximum Gasteiger partial charge on any atom is 0.330 e. The number of amides is 1. The average Bonchev–Trinajstić information content (AvgIpc) is 3.69. The Morgan fingerprint density at radius 2 is 1.91 bits per heavy atom. The van der Waals surface area contributed by atoms with E-state index < -0.39 is 11.2 Å². The molecule has 7 heteroatoms. The molecule has 1 atom stereocenters. The Bertz CT molecular complexity index is 1380. The first-order chi connectivity index (χ1) is 16.9. The zero-order valence-electron chi connectivity index (χ0n) is 20.8. The fourth-order valence-corrected chi connectivity index (χ4v) is 5.37. The highest BCUT2D eigenvalue weighted by Gasteiger charge is 2.33. The van der Waals surface area contributed by atoms with Gasteiger partial charge in [-0.25, -0.2) is 9.78 Å². The zero-order valence-corrected chi connectivity index (χ0v) is 20.8. The van der Waals surface area contributed by atoms with Gasteiger partial charge in [0, 0.05) is 30.7 Å². The molecule has 1 unspecified atom stereocenters. The van der Waals surface area contributed by atoms with E-state index >= 15 is 0 Å². The second-order valence-electron chi connectivity index (χ2n) is 10.5. The third-order valence-corrected chi connectivity index (χ3v) is 7.23. The molecule has 1 amide bonds. The summed E-state index contributed by atoms with van der Waals surface area (Å²) in [7, 11) is 0. The van der Waals surface area contributed by atoms with Crippen molar-refractivity contribution in [1.29, 1.82) is 0 Å². The molecular formula is C28H34N4O3. The molecule has 2 aliphatic carbocycles. The summed E-state index contributed by atoms with van der Waals surface area (Å²) in [5, 5.41) is 0.233. The van der Waals surface area contributed by atoms with Crippen molar-refractivity contribution >= 4 is 16.9 Å². The molecule has 0 radical (unpaired) electrons. The van der Waals surface area contributed by atoms with Crippen LogP contribution in [0.5, 0.6) is 0 Å². The normalized spacial score (nSPS) is 17.5. The summed E-state index contributed by atoms with van der Waals surface area (Å²) in [6.45, 7) is 7.16. The maximum absolute atomic E-state index is 14.2. The molecular weight excluding hydrogens is 440 g/mol. The van der Waals surface area contributed by atoms with E-state index in [2.05, 4.69) is 36.2 Å². The van der Waals surface area contributed by atoms with Crippen LogP contribution >= 0.6 is 0 Å². The molecule has 0 saturated heterocycles. The molecule has 3 aromatic rings. The number of benzene rings is 1. The molecule has 2 aromatic heterocycles. The molecule has 0 aliphatic heterocycles. The van der Waals surface area contributed by atoms with Crippen LogP contribution in [-0.2, 0) is 19.4 Å². The molecule has 1 saturated carbocycles. The van der Waals surface area contributed by atoms with Crippen molar-refractivity contribution in [1.82, 2.24) is 19.4 Å². The van der Waals surface area contributed by atoms with Crippen molar-refractivity contribution < 1.29 is 4.79 Å². The largest absolute Gasteiger partial charge is 0.335 e. The third-order valence-electron chi connectivity index (χ3n) is 7.23. The van der Waals surface area contributed by atoms with Gasteiger partial charge in [-0.2, -0.15) is 0 Å². The Morgan fingerprint density at radius 3 is 2.60 bits per heavy atom. The molecule has 0 spiro atoms. The van der Waals surface area contributed by atoms with E-state index in [0.717, 1.165) is 44.2 Å². The first-order valence-corrected chi connectivity index (χ1v) is 12.9. The highest BCUT2D eigenvalue weighted by Crippen LogP contribution is 2.40. The van der Waals surface area contributed by atoms with Crippen molar-refractivity contribution in [2.75, 3.05) is 6.54 Å². The minimum Gasteiger partial charge on any atom is -0.335 e. The van der Waals surface area contributed by atoms with Crippen LogP contribution in [0.15, 0.2) is 39.9 Å². The fraction of sp³-hybridized carbons (Fsp3) is 0.500. The first-order valence-electron chi connectivity index (χ1n) is 12.9. The minimum absolute atomic E-state index is 0.0746. The van der Waals surface area contributed by atoms with Gasteiger partial charge in [0.2, 0.25) is 0 Å². The number of pyridine rings is 1. The predicted octanol–water partition coefficient (Wildman–Crippen LogP) is 4.03. The number of nitrogens with zero attached hydrogens (tertiary/aromatic N) is 3. The zero-order chi connectivity index (χ0) is 24.7. The van der Waals surface area contributed by atoms with Gasteiger partial charge in [-0.1, -0.05) is 45.0 Å². The van der Waals surface area contributed by atoms with Crippen molar-refractivity contribution in [3.8, 4) is 0 Å². The van der Waals surface area contributed by atoms with E-state index in [1.807, 2.05) is 24.8 Å². The molecule has 2 aliphatic rings. The van der Waals surface area contributed by atoms with E-state index in [1.54, 1.807) is 0 Å². The number of hydrogen-bond donors (Lipinski definition) is 1. The Labute approximate surface area is 205 Å². The summed E-state index contributed by atoms with van der Waals surface area (Å²) in [6.07, 6.45) is 5.51. The van der Waals surface area contributed by atoms with Crippen molar-refractivity contribution in [2.45, 2.75) is 77.8 Å². The molecule has 1 aromatic carbocycles. The van der Waals surface area contributed by atoms with E-state index in [9.17, 15) is 14.4 Å². The number of rotatable bonds is 7. The first kappa shape index (κ1) is 23.5. The van der Waals surface area contributed by atoms with Crippen LogP contribution in [0.2, 0.25) is 0 Å². The molecule has 2 heterocycles. The number of carbonyl (C=O) groups excluding carboxylic acids is 1. The number of hydrogen-bond acceptors (Lipinski definition) is 4. The number of carbonyl (C=O) groups is 1. The van der Waals surface area contributed by atoms with Gasteiger partial charge >= 0.3 is 5.69 Å². The van der Waals surface area contributed by atoms with Crippen molar-refractivity contribution in [3.05, 3.63) is 73.6 Å². The number of aromatic nitrogens is 3. The lowest BCUT2D eigenvalue weighted by Gasteiger charge is -2.35. The Hall–Kier alpha value is -3.22. The van der Waals surface area contributed by atoms with E-state index in [4.69, 9.17) is 4.98 Å². The smallest absolute Gasteiger partial charge is 0.330 e. The number of fused-ring (bicyclic) bond motifs is 2. The topological polar surface area (TPSA) is 88.1 Å². The van der Waals surface area contributed by atoms with Gasteiger partial charge in [-0.15, -0.1) is 0 Å². The molecule has 35 heavy (non-hydrogen) atoms. The Kier molecular flexibility index (Phi) is 6.34. The van der Waals surface area contributed by atoms with E-state index in [-0.39, 0.29) is 29.2 Å². The van der Waals surface area contributed by atoms with Gasteiger partial charge in [0.1, 0.15) is 0 Å². The molecule has 1 fully saturated rings. The lowest BCUT2D eigenvalue weighted by molar-refractivity contribution is 0.0663. The van der Waals surface area contributed by atoms with Crippen LogP contribution in [0.25, 0.3) is 11.0 Å². The summed E-state index contributed by atoms with van der Waals surface area (Å²) in [6, 6.07) is 10.3. The van der Waals surface area contributed by atoms with Crippen LogP contribution in [0, 0.1) is 5.92 Å².